The van der Waals surface area contributed by atoms with Gasteiger partial charge >= 0.3 is 0 Å². The lowest BCUT2D eigenvalue weighted by Crippen LogP contribution is -2.30. The highest BCUT2D eigenvalue weighted by atomic mass is 14.9. The highest BCUT2D eigenvalue weighted by Crippen LogP contribution is 2.31. The van der Waals surface area contributed by atoms with Gasteiger partial charge in [0.05, 0.1) is 6.04 Å². The fraction of sp³-hybridized carbons (Fsp3) is 0.400. The third kappa shape index (κ3) is 2.89. The van der Waals surface area contributed by atoms with Crippen molar-refractivity contribution in [1.29, 1.82) is 0 Å². The van der Waals surface area contributed by atoms with E-state index in [1.807, 2.05) is 0 Å². The summed E-state index contributed by atoms with van der Waals surface area (Å²) in [4.78, 5) is 0. The number of hydrogen-bond acceptors (Lipinski definition) is 1. The van der Waals surface area contributed by atoms with Crippen LogP contribution in [0.15, 0.2) is 36.4 Å². The molecule has 0 radical (unpaired) electrons. The second-order valence-corrected chi connectivity index (χ2v) is 6.67. The van der Waals surface area contributed by atoms with Crippen LogP contribution in [0.4, 0.5) is 0 Å². The number of aryl methyl sites for hydroxylation is 2. The molecule has 1 N–H and O–H groups in total. The largest absolute Gasteiger partial charge is 0.306 e. The van der Waals surface area contributed by atoms with E-state index in [4.69, 9.17) is 0 Å². The lowest BCUT2D eigenvalue weighted by atomic mass is 9.86. The molecule has 0 aromatic heterocycles. The Hall–Kier alpha value is -1.60. The monoisotopic (exact) mass is 279 g/mol. The predicted octanol–water partition coefficient (Wildman–Crippen LogP) is 4.66. The molecule has 1 nitrogen and oxygen atoms in total. The Bertz CT molecular complexity index is 635. The first-order chi connectivity index (χ1) is 10.0. The van der Waals surface area contributed by atoms with E-state index in [9.17, 15) is 0 Å². The molecule has 1 heteroatoms. The van der Waals surface area contributed by atoms with Crippen LogP contribution in [0.3, 0.4) is 0 Å². The van der Waals surface area contributed by atoms with Crippen molar-refractivity contribution < 1.29 is 0 Å². The molecular formula is C20H25N. The zero-order valence-corrected chi connectivity index (χ0v) is 13.5. The molecule has 2 aromatic carbocycles. The number of fused-ring (bicyclic) bond motifs is 1. The molecule has 1 aliphatic rings. The Morgan fingerprint density at radius 3 is 2.38 bits per heavy atom. The average molecular weight is 279 g/mol. The van der Waals surface area contributed by atoms with Crippen LogP contribution >= 0.6 is 0 Å². The van der Waals surface area contributed by atoms with Gasteiger partial charge in [-0.05, 0) is 48.4 Å². The van der Waals surface area contributed by atoms with Gasteiger partial charge in [-0.15, -0.1) is 0 Å². The number of rotatable bonds is 2. The topological polar surface area (TPSA) is 12.0 Å². The summed E-state index contributed by atoms with van der Waals surface area (Å²) in [5, 5.41) is 3.69. The SMILES string of the molecule is Cc1cc(C)cc(C2NCCc3cc(C(C)C)ccc32)c1. The first-order valence-electron chi connectivity index (χ1n) is 7.99. The Labute approximate surface area is 128 Å². The van der Waals surface area contributed by atoms with Crippen molar-refractivity contribution in [1.82, 2.24) is 5.32 Å². The van der Waals surface area contributed by atoms with Crippen LogP contribution in [0.25, 0.3) is 0 Å². The van der Waals surface area contributed by atoms with E-state index in [2.05, 4.69) is 69.4 Å². The number of hydrogen-bond donors (Lipinski definition) is 1. The first kappa shape index (κ1) is 14.3. The Balaban J connectivity index is 2.04. The van der Waals surface area contributed by atoms with Crippen molar-refractivity contribution in [3.8, 4) is 0 Å². The molecular weight excluding hydrogens is 254 g/mol. The average Bonchev–Trinajstić information content (AvgIpc) is 2.45. The van der Waals surface area contributed by atoms with Gasteiger partial charge in [0.15, 0.2) is 0 Å². The van der Waals surface area contributed by atoms with Crippen LogP contribution in [0.2, 0.25) is 0 Å². The van der Waals surface area contributed by atoms with E-state index in [-0.39, 0.29) is 0 Å². The van der Waals surface area contributed by atoms with E-state index >= 15 is 0 Å². The Kier molecular flexibility index (Phi) is 3.86. The molecule has 0 fully saturated rings. The van der Waals surface area contributed by atoms with Crippen LogP contribution < -0.4 is 5.32 Å². The van der Waals surface area contributed by atoms with Crippen LogP contribution in [-0.4, -0.2) is 6.54 Å². The van der Waals surface area contributed by atoms with Crippen molar-refractivity contribution in [3.05, 3.63) is 69.8 Å². The van der Waals surface area contributed by atoms with Gasteiger partial charge in [0.1, 0.15) is 0 Å². The minimum atomic E-state index is 0.341. The van der Waals surface area contributed by atoms with Crippen molar-refractivity contribution in [2.75, 3.05) is 6.54 Å². The summed E-state index contributed by atoms with van der Waals surface area (Å²) in [6.45, 7) is 9.96. The molecule has 110 valence electrons. The lowest BCUT2D eigenvalue weighted by Gasteiger charge is -2.29. The molecule has 1 unspecified atom stereocenters. The summed E-state index contributed by atoms with van der Waals surface area (Å²) in [5.41, 5.74) is 8.51. The fourth-order valence-corrected chi connectivity index (χ4v) is 3.42. The highest BCUT2D eigenvalue weighted by molar-refractivity contribution is 5.44. The van der Waals surface area contributed by atoms with Crippen molar-refractivity contribution in [3.63, 3.8) is 0 Å². The van der Waals surface area contributed by atoms with Gasteiger partial charge < -0.3 is 5.32 Å². The van der Waals surface area contributed by atoms with Gasteiger partial charge in [-0.2, -0.15) is 0 Å². The quantitative estimate of drug-likeness (QED) is 0.843. The summed E-state index contributed by atoms with van der Waals surface area (Å²) >= 11 is 0. The van der Waals surface area contributed by atoms with Gasteiger partial charge in [-0.25, -0.2) is 0 Å². The third-order valence-corrected chi connectivity index (χ3v) is 4.46. The molecule has 0 bridgehead atoms. The zero-order chi connectivity index (χ0) is 15.0. The second-order valence-electron chi connectivity index (χ2n) is 6.67. The van der Waals surface area contributed by atoms with Crippen molar-refractivity contribution in [2.24, 2.45) is 0 Å². The summed E-state index contributed by atoms with van der Waals surface area (Å²) in [6.07, 6.45) is 1.14. The Morgan fingerprint density at radius 2 is 1.71 bits per heavy atom. The van der Waals surface area contributed by atoms with E-state index in [1.54, 1.807) is 0 Å². The van der Waals surface area contributed by atoms with Gasteiger partial charge in [0, 0.05) is 6.54 Å². The molecule has 0 spiro atoms. The zero-order valence-electron chi connectivity index (χ0n) is 13.5. The Morgan fingerprint density at radius 1 is 1.00 bits per heavy atom. The van der Waals surface area contributed by atoms with Gasteiger partial charge in [-0.3, -0.25) is 0 Å². The summed E-state index contributed by atoms with van der Waals surface area (Å²) in [6, 6.07) is 14.3. The molecule has 0 saturated carbocycles. The van der Waals surface area contributed by atoms with Crippen LogP contribution in [0.5, 0.6) is 0 Å². The van der Waals surface area contributed by atoms with Crippen molar-refractivity contribution in [2.45, 2.75) is 46.1 Å². The molecule has 21 heavy (non-hydrogen) atoms. The van der Waals surface area contributed by atoms with Crippen LogP contribution in [0.1, 0.15) is 59.2 Å². The predicted molar refractivity (Wildman–Crippen MR) is 90.0 cm³/mol. The molecule has 0 amide bonds. The molecule has 1 atom stereocenters. The minimum absolute atomic E-state index is 0.341. The number of nitrogens with one attached hydrogen (secondary N) is 1. The molecule has 1 heterocycles. The van der Waals surface area contributed by atoms with E-state index < -0.39 is 0 Å². The lowest BCUT2D eigenvalue weighted by molar-refractivity contribution is 0.566. The maximum absolute atomic E-state index is 3.69. The normalized spacial score (nSPS) is 17.9. The van der Waals surface area contributed by atoms with Crippen LogP contribution in [-0.2, 0) is 6.42 Å². The van der Waals surface area contributed by atoms with Crippen molar-refractivity contribution >= 4 is 0 Å². The van der Waals surface area contributed by atoms with Gasteiger partial charge in [0.2, 0.25) is 0 Å². The summed E-state index contributed by atoms with van der Waals surface area (Å²) in [5.74, 6) is 0.602. The fourth-order valence-electron chi connectivity index (χ4n) is 3.42. The van der Waals surface area contributed by atoms with E-state index in [0.29, 0.717) is 12.0 Å². The third-order valence-electron chi connectivity index (χ3n) is 4.46. The summed E-state index contributed by atoms with van der Waals surface area (Å²) in [7, 11) is 0. The second kappa shape index (κ2) is 5.65. The highest BCUT2D eigenvalue weighted by Gasteiger charge is 2.22. The maximum Gasteiger partial charge on any atom is 0.0579 e. The standard InChI is InChI=1S/C20H25N/c1-13(2)16-5-6-19-17(12-16)7-8-21-20(19)18-10-14(3)9-15(4)11-18/h5-6,9-13,20-21H,7-8H2,1-4H3. The molecule has 3 rings (SSSR count). The molecule has 0 saturated heterocycles. The molecule has 1 aliphatic heterocycles. The van der Waals surface area contributed by atoms with Gasteiger partial charge in [0.25, 0.3) is 0 Å². The van der Waals surface area contributed by atoms with Gasteiger partial charge in [-0.1, -0.05) is 61.4 Å². The first-order valence-corrected chi connectivity index (χ1v) is 7.99. The minimum Gasteiger partial charge on any atom is -0.306 e. The molecule has 2 aromatic rings. The smallest absolute Gasteiger partial charge is 0.0579 e. The van der Waals surface area contributed by atoms with Crippen LogP contribution in [0, 0.1) is 13.8 Å². The maximum atomic E-state index is 3.69. The number of benzene rings is 2. The molecule has 0 aliphatic carbocycles. The van der Waals surface area contributed by atoms with E-state index in [0.717, 1.165) is 13.0 Å². The summed E-state index contributed by atoms with van der Waals surface area (Å²) < 4.78 is 0. The van der Waals surface area contributed by atoms with E-state index in [1.165, 1.54) is 33.4 Å².